The zero-order valence-corrected chi connectivity index (χ0v) is 23.1. The predicted octanol–water partition coefficient (Wildman–Crippen LogP) is 3.93. The summed E-state index contributed by atoms with van der Waals surface area (Å²) in [5.74, 6) is -0.497. The first-order valence-corrected chi connectivity index (χ1v) is 14.6. The van der Waals surface area contributed by atoms with Crippen LogP contribution in [0.25, 0.3) is 0 Å². The van der Waals surface area contributed by atoms with Crippen molar-refractivity contribution in [2.75, 3.05) is 19.6 Å². The second kappa shape index (κ2) is 12.1. The summed E-state index contributed by atoms with van der Waals surface area (Å²) in [5.41, 5.74) is 4.22. The molecule has 41 heavy (non-hydrogen) atoms. The van der Waals surface area contributed by atoms with Crippen molar-refractivity contribution in [3.05, 3.63) is 94.8 Å². The number of benzene rings is 2. The lowest BCUT2D eigenvalue weighted by Gasteiger charge is -2.32. The van der Waals surface area contributed by atoms with Gasteiger partial charge in [0, 0.05) is 31.0 Å². The van der Waals surface area contributed by atoms with Gasteiger partial charge in [-0.25, -0.2) is 4.39 Å². The molecule has 4 aliphatic rings. The molecule has 8 heteroatoms. The Morgan fingerprint density at radius 2 is 1.61 bits per heavy atom. The number of amides is 3. The second-order valence-corrected chi connectivity index (χ2v) is 11.7. The highest BCUT2D eigenvalue weighted by Crippen LogP contribution is 2.35. The third kappa shape index (κ3) is 6.34. The fourth-order valence-corrected chi connectivity index (χ4v) is 6.51. The van der Waals surface area contributed by atoms with E-state index in [1.54, 1.807) is 17.0 Å². The Bertz CT molecular complexity index is 1350. The van der Waals surface area contributed by atoms with Gasteiger partial charge in [-0.2, -0.15) is 0 Å². The molecule has 0 bridgehead atoms. The largest absolute Gasteiger partial charge is 0.369 e. The molecular formula is C33H36FN3O4. The molecule has 6 rings (SSSR count). The number of hydrogen-bond donors (Lipinski definition) is 1. The first kappa shape index (κ1) is 27.5. The maximum Gasteiger partial charge on any atom is 0.250 e. The van der Waals surface area contributed by atoms with Crippen molar-refractivity contribution in [2.45, 2.75) is 57.4 Å². The summed E-state index contributed by atoms with van der Waals surface area (Å²) in [7, 11) is 0. The molecular weight excluding hydrogens is 521 g/mol. The number of nitrogens with zero attached hydrogens (tertiary/aromatic N) is 2. The first-order chi connectivity index (χ1) is 19.9. The van der Waals surface area contributed by atoms with Gasteiger partial charge >= 0.3 is 0 Å². The van der Waals surface area contributed by atoms with Crippen molar-refractivity contribution in [2.24, 2.45) is 11.8 Å². The molecule has 3 unspecified atom stereocenters. The van der Waals surface area contributed by atoms with Gasteiger partial charge in [0.1, 0.15) is 11.9 Å². The average Bonchev–Trinajstić information content (AvgIpc) is 3.31. The van der Waals surface area contributed by atoms with Gasteiger partial charge in [-0.15, -0.1) is 0 Å². The van der Waals surface area contributed by atoms with Gasteiger partial charge in [0.2, 0.25) is 11.8 Å². The number of nitrogens with one attached hydrogen (secondary N) is 1. The van der Waals surface area contributed by atoms with Crippen LogP contribution in [0.4, 0.5) is 4.39 Å². The summed E-state index contributed by atoms with van der Waals surface area (Å²) in [6.07, 6.45) is 9.31. The van der Waals surface area contributed by atoms with Crippen LogP contribution in [-0.2, 0) is 38.7 Å². The van der Waals surface area contributed by atoms with Crippen LogP contribution in [0.2, 0.25) is 0 Å². The lowest BCUT2D eigenvalue weighted by molar-refractivity contribution is -0.142. The maximum atomic E-state index is 13.2. The molecule has 1 aliphatic carbocycles. The molecule has 3 atom stereocenters. The van der Waals surface area contributed by atoms with E-state index in [1.807, 2.05) is 30.4 Å². The SMILES string of the molecule is O=C1CCC(N2CC3C(=CC=CC3OCc3ccc(CN4CCC(Cc5ccc(F)cc5)CC4)cc3)C2=O)C(=O)N1. The summed E-state index contributed by atoms with van der Waals surface area (Å²) in [6, 6.07) is 14.8. The number of fused-ring (bicyclic) bond motifs is 1. The monoisotopic (exact) mass is 557 g/mol. The van der Waals surface area contributed by atoms with E-state index < -0.39 is 11.9 Å². The molecule has 0 spiro atoms. The molecule has 7 nitrogen and oxygen atoms in total. The Balaban J connectivity index is 0.974. The number of likely N-dealkylation sites (tertiary alicyclic amines) is 2. The van der Waals surface area contributed by atoms with Crippen LogP contribution in [0.3, 0.4) is 0 Å². The summed E-state index contributed by atoms with van der Waals surface area (Å²) < 4.78 is 19.5. The maximum absolute atomic E-state index is 13.2. The van der Waals surface area contributed by atoms with Crippen molar-refractivity contribution < 1.29 is 23.5 Å². The van der Waals surface area contributed by atoms with Crippen molar-refractivity contribution in [1.29, 1.82) is 0 Å². The van der Waals surface area contributed by atoms with E-state index in [9.17, 15) is 18.8 Å². The highest BCUT2D eigenvalue weighted by molar-refractivity contribution is 6.05. The van der Waals surface area contributed by atoms with Gasteiger partial charge in [-0.1, -0.05) is 54.6 Å². The third-order valence-electron chi connectivity index (χ3n) is 8.88. The smallest absolute Gasteiger partial charge is 0.250 e. The topological polar surface area (TPSA) is 79.0 Å². The van der Waals surface area contributed by atoms with Crippen molar-refractivity contribution in [3.63, 3.8) is 0 Å². The molecule has 3 saturated heterocycles. The van der Waals surface area contributed by atoms with Crippen molar-refractivity contribution in [1.82, 2.24) is 15.1 Å². The van der Waals surface area contributed by atoms with Crippen LogP contribution >= 0.6 is 0 Å². The quantitative estimate of drug-likeness (QED) is 0.498. The van der Waals surface area contributed by atoms with E-state index in [4.69, 9.17) is 4.74 Å². The second-order valence-electron chi connectivity index (χ2n) is 11.7. The molecule has 0 radical (unpaired) electrons. The lowest BCUT2D eigenvalue weighted by Crippen LogP contribution is -2.53. The zero-order valence-electron chi connectivity index (χ0n) is 23.1. The van der Waals surface area contributed by atoms with Gasteiger partial charge in [-0.3, -0.25) is 24.6 Å². The fourth-order valence-electron chi connectivity index (χ4n) is 6.51. The standard InChI is InChI=1S/C33H36FN3O4/c34-26-10-8-22(9-11-26)18-23-14-16-36(17-15-23)19-24-4-6-25(7-5-24)21-41-30-3-1-2-27-28(30)20-37(33(27)40)29-12-13-31(38)35-32(29)39/h1-11,23,28-30H,12-21H2,(H,35,38,39). The summed E-state index contributed by atoms with van der Waals surface area (Å²) in [6.45, 7) is 3.89. The van der Waals surface area contributed by atoms with Crippen LogP contribution in [0.1, 0.15) is 42.4 Å². The summed E-state index contributed by atoms with van der Waals surface area (Å²) in [4.78, 5) is 41.1. The van der Waals surface area contributed by atoms with Crippen LogP contribution in [-0.4, -0.2) is 59.3 Å². The van der Waals surface area contributed by atoms with E-state index in [2.05, 4.69) is 34.5 Å². The number of hydrogen-bond acceptors (Lipinski definition) is 5. The Labute approximate surface area is 240 Å². The molecule has 214 valence electrons. The van der Waals surface area contributed by atoms with E-state index in [0.717, 1.165) is 44.5 Å². The summed E-state index contributed by atoms with van der Waals surface area (Å²) >= 11 is 0. The zero-order chi connectivity index (χ0) is 28.3. The van der Waals surface area contributed by atoms with Crippen molar-refractivity contribution >= 4 is 17.7 Å². The van der Waals surface area contributed by atoms with Gasteiger partial charge in [0.05, 0.1) is 12.7 Å². The van der Waals surface area contributed by atoms with E-state index in [-0.39, 0.29) is 36.1 Å². The molecule has 1 N–H and O–H groups in total. The van der Waals surface area contributed by atoms with Gasteiger partial charge in [0.15, 0.2) is 0 Å². The number of allylic oxidation sites excluding steroid dienone is 2. The number of rotatable bonds is 8. The molecule has 3 fully saturated rings. The lowest BCUT2D eigenvalue weighted by atomic mass is 9.90. The van der Waals surface area contributed by atoms with Crippen molar-refractivity contribution in [3.8, 4) is 0 Å². The van der Waals surface area contributed by atoms with E-state index in [1.165, 1.54) is 11.1 Å². The first-order valence-electron chi connectivity index (χ1n) is 14.6. The third-order valence-corrected chi connectivity index (χ3v) is 8.88. The molecule has 2 aromatic carbocycles. The number of halogens is 1. The highest BCUT2D eigenvalue weighted by Gasteiger charge is 2.45. The van der Waals surface area contributed by atoms with E-state index >= 15 is 0 Å². The van der Waals surface area contributed by atoms with E-state index in [0.29, 0.717) is 31.1 Å². The number of piperidine rings is 2. The Hall–Kier alpha value is -3.62. The molecule has 3 amide bonds. The average molecular weight is 558 g/mol. The number of ether oxygens (including phenoxy) is 1. The van der Waals surface area contributed by atoms with Crippen LogP contribution in [0, 0.1) is 17.7 Å². The fraction of sp³-hybridized carbons (Fsp3) is 0.424. The molecule has 3 heterocycles. The number of carbonyl (C=O) groups excluding carboxylic acids is 3. The van der Waals surface area contributed by atoms with Gasteiger partial charge < -0.3 is 9.64 Å². The normalized spacial score (nSPS) is 25.3. The molecule has 2 aromatic rings. The highest BCUT2D eigenvalue weighted by atomic mass is 19.1. The Morgan fingerprint density at radius 3 is 2.34 bits per heavy atom. The van der Waals surface area contributed by atoms with Gasteiger partial charge in [-0.05, 0) is 73.5 Å². The molecule has 3 aliphatic heterocycles. The van der Waals surface area contributed by atoms with Crippen LogP contribution in [0.5, 0.6) is 0 Å². The van der Waals surface area contributed by atoms with Crippen LogP contribution in [0.15, 0.2) is 72.3 Å². The minimum Gasteiger partial charge on any atom is -0.369 e. The summed E-state index contributed by atoms with van der Waals surface area (Å²) in [5, 5.41) is 2.36. The number of carbonyl (C=O) groups is 3. The van der Waals surface area contributed by atoms with Gasteiger partial charge in [0.25, 0.3) is 5.91 Å². The minimum atomic E-state index is -0.611. The molecule has 0 saturated carbocycles. The molecule has 0 aromatic heterocycles. The Morgan fingerprint density at radius 1 is 0.902 bits per heavy atom. The number of imide groups is 1. The predicted molar refractivity (Wildman–Crippen MR) is 152 cm³/mol. The van der Waals surface area contributed by atoms with Crippen LogP contribution < -0.4 is 5.32 Å². The Kier molecular flexibility index (Phi) is 8.12. The minimum absolute atomic E-state index is 0.136.